The second kappa shape index (κ2) is 5.57. The van der Waals surface area contributed by atoms with Crippen molar-refractivity contribution in [1.29, 1.82) is 0 Å². The van der Waals surface area contributed by atoms with Crippen molar-refractivity contribution >= 4 is 27.8 Å². The number of carboxylic acid groups (broad SMARTS) is 1. The Morgan fingerprint density at radius 3 is 2.74 bits per heavy atom. The van der Waals surface area contributed by atoms with E-state index in [1.54, 1.807) is 18.2 Å². The molecular weight excluding hydrogens is 310 g/mol. The van der Waals surface area contributed by atoms with Crippen LogP contribution in [0.1, 0.15) is 22.3 Å². The molecule has 100 valence electrons. The first-order chi connectivity index (χ1) is 8.97. The highest BCUT2D eigenvalue weighted by atomic mass is 79.9. The lowest BCUT2D eigenvalue weighted by Crippen LogP contribution is -2.33. The van der Waals surface area contributed by atoms with Crippen LogP contribution < -0.4 is 5.32 Å². The topological polar surface area (TPSA) is 66.4 Å². The molecule has 2 rings (SSSR count). The highest BCUT2D eigenvalue weighted by molar-refractivity contribution is 9.10. The molecule has 1 amide bonds. The minimum atomic E-state index is -0.855. The van der Waals surface area contributed by atoms with Crippen LogP contribution in [0.3, 0.4) is 0 Å². The lowest BCUT2D eigenvalue weighted by Gasteiger charge is -2.13. The van der Waals surface area contributed by atoms with Crippen molar-refractivity contribution in [2.75, 3.05) is 0 Å². The summed E-state index contributed by atoms with van der Waals surface area (Å²) in [4.78, 5) is 23.0. The van der Waals surface area contributed by atoms with Crippen molar-refractivity contribution in [1.82, 2.24) is 5.32 Å². The second-order valence-electron chi connectivity index (χ2n) is 4.60. The van der Waals surface area contributed by atoms with Gasteiger partial charge in [0.15, 0.2) is 0 Å². The van der Waals surface area contributed by atoms with Crippen LogP contribution in [-0.2, 0) is 4.79 Å². The van der Waals surface area contributed by atoms with Crippen LogP contribution in [0.2, 0.25) is 0 Å². The minimum absolute atomic E-state index is 0.181. The molecule has 1 aliphatic rings. The van der Waals surface area contributed by atoms with Gasteiger partial charge in [-0.2, -0.15) is 0 Å². The molecule has 1 aromatic rings. The molecule has 0 spiro atoms. The Labute approximate surface area is 119 Å². The molecular formula is C14H14BrNO3. The maximum Gasteiger partial charge on any atom is 0.310 e. The number of aliphatic carboxylic acids is 1. The molecule has 0 heterocycles. The van der Waals surface area contributed by atoms with Crippen molar-refractivity contribution in [3.8, 4) is 0 Å². The summed E-state index contributed by atoms with van der Waals surface area (Å²) in [5, 5.41) is 11.7. The molecule has 0 saturated heterocycles. The van der Waals surface area contributed by atoms with Crippen LogP contribution in [0.15, 0.2) is 34.8 Å². The summed E-state index contributed by atoms with van der Waals surface area (Å²) in [6, 6.07) is 5.29. The maximum atomic E-state index is 12.1. The fourth-order valence-electron chi connectivity index (χ4n) is 2.07. The monoisotopic (exact) mass is 323 g/mol. The summed E-state index contributed by atoms with van der Waals surface area (Å²) < 4.78 is 0.841. The Bertz CT molecular complexity index is 554. The highest BCUT2D eigenvalue weighted by Crippen LogP contribution is 2.20. The Morgan fingerprint density at radius 1 is 1.37 bits per heavy atom. The van der Waals surface area contributed by atoms with E-state index in [1.165, 1.54) is 0 Å². The standard InChI is InChI=1S/C14H14BrNO3/c1-8-2-4-10(15)7-12(8)13(17)16-11-5-3-9(6-11)14(18)19/h2-5,7,9,11H,6H2,1H3,(H,16,17)(H,18,19). The van der Waals surface area contributed by atoms with Crippen LogP contribution >= 0.6 is 15.9 Å². The summed E-state index contributed by atoms with van der Waals surface area (Å²) in [6.07, 6.45) is 3.78. The van der Waals surface area contributed by atoms with Gasteiger partial charge in [0.1, 0.15) is 0 Å². The average molecular weight is 324 g/mol. The summed E-state index contributed by atoms with van der Waals surface area (Å²) in [5.41, 5.74) is 1.49. The van der Waals surface area contributed by atoms with Crippen LogP contribution in [0.25, 0.3) is 0 Å². The SMILES string of the molecule is Cc1ccc(Br)cc1C(=O)NC1C=CC(C(=O)O)C1. The molecule has 2 unspecified atom stereocenters. The number of halogens is 1. The van der Waals surface area contributed by atoms with E-state index in [-0.39, 0.29) is 11.9 Å². The number of aryl methyl sites for hydroxylation is 1. The first-order valence-corrected chi connectivity index (χ1v) is 6.75. The Morgan fingerprint density at radius 2 is 2.11 bits per heavy atom. The molecule has 1 aliphatic carbocycles. The largest absolute Gasteiger partial charge is 0.481 e. The van der Waals surface area contributed by atoms with Gasteiger partial charge in [0.05, 0.1) is 5.92 Å². The van der Waals surface area contributed by atoms with Crippen molar-refractivity contribution in [2.45, 2.75) is 19.4 Å². The smallest absolute Gasteiger partial charge is 0.310 e. The van der Waals surface area contributed by atoms with Crippen LogP contribution in [0, 0.1) is 12.8 Å². The number of carbonyl (C=O) groups is 2. The van der Waals surface area contributed by atoms with Gasteiger partial charge < -0.3 is 10.4 Å². The molecule has 0 fully saturated rings. The van der Waals surface area contributed by atoms with Crippen molar-refractivity contribution in [2.24, 2.45) is 5.92 Å². The third-order valence-corrected chi connectivity index (χ3v) is 3.65. The molecule has 2 atom stereocenters. The van der Waals surface area contributed by atoms with E-state index in [0.717, 1.165) is 10.0 Å². The number of hydrogen-bond donors (Lipinski definition) is 2. The van der Waals surface area contributed by atoms with Gasteiger partial charge in [0, 0.05) is 16.1 Å². The third-order valence-electron chi connectivity index (χ3n) is 3.16. The van der Waals surface area contributed by atoms with Gasteiger partial charge in [-0.1, -0.05) is 34.1 Å². The zero-order chi connectivity index (χ0) is 14.0. The molecule has 0 aliphatic heterocycles. The highest BCUT2D eigenvalue weighted by Gasteiger charge is 2.25. The van der Waals surface area contributed by atoms with E-state index in [2.05, 4.69) is 21.2 Å². The minimum Gasteiger partial charge on any atom is -0.481 e. The van der Waals surface area contributed by atoms with Gasteiger partial charge >= 0.3 is 5.97 Å². The molecule has 0 radical (unpaired) electrons. The predicted molar refractivity (Wildman–Crippen MR) is 75.0 cm³/mol. The number of nitrogens with one attached hydrogen (secondary N) is 1. The van der Waals surface area contributed by atoms with Gasteiger partial charge in [-0.3, -0.25) is 9.59 Å². The second-order valence-corrected chi connectivity index (χ2v) is 5.52. The number of amides is 1. The normalized spacial score (nSPS) is 21.4. The van der Waals surface area contributed by atoms with Gasteiger partial charge in [0.2, 0.25) is 0 Å². The molecule has 2 N–H and O–H groups in total. The van der Waals surface area contributed by atoms with E-state index in [9.17, 15) is 9.59 Å². The van der Waals surface area contributed by atoms with Crippen LogP contribution in [-0.4, -0.2) is 23.0 Å². The van der Waals surface area contributed by atoms with E-state index in [4.69, 9.17) is 5.11 Å². The van der Waals surface area contributed by atoms with E-state index >= 15 is 0 Å². The predicted octanol–water partition coefficient (Wildman–Crippen LogP) is 2.52. The maximum absolute atomic E-state index is 12.1. The number of carboxylic acids is 1. The van der Waals surface area contributed by atoms with Gasteiger partial charge in [-0.25, -0.2) is 0 Å². The summed E-state index contributed by atoms with van der Waals surface area (Å²) in [5.74, 6) is -1.54. The van der Waals surface area contributed by atoms with Gasteiger partial charge in [0.25, 0.3) is 5.91 Å². The third kappa shape index (κ3) is 3.23. The Balaban J connectivity index is 2.05. The lowest BCUT2D eigenvalue weighted by molar-refractivity contribution is -0.140. The molecule has 19 heavy (non-hydrogen) atoms. The average Bonchev–Trinajstić information content (AvgIpc) is 2.80. The zero-order valence-electron chi connectivity index (χ0n) is 10.4. The van der Waals surface area contributed by atoms with Gasteiger partial charge in [-0.05, 0) is 31.0 Å². The van der Waals surface area contributed by atoms with Gasteiger partial charge in [-0.15, -0.1) is 0 Å². The molecule has 4 nitrogen and oxygen atoms in total. The molecule has 5 heteroatoms. The fourth-order valence-corrected chi connectivity index (χ4v) is 2.44. The first kappa shape index (κ1) is 13.8. The van der Waals surface area contributed by atoms with E-state index in [1.807, 2.05) is 19.1 Å². The van der Waals surface area contributed by atoms with Crippen molar-refractivity contribution < 1.29 is 14.7 Å². The molecule has 1 aromatic carbocycles. The summed E-state index contributed by atoms with van der Waals surface area (Å²) in [7, 11) is 0. The molecule has 0 aromatic heterocycles. The van der Waals surface area contributed by atoms with E-state index < -0.39 is 11.9 Å². The van der Waals surface area contributed by atoms with Crippen molar-refractivity contribution in [3.63, 3.8) is 0 Å². The van der Waals surface area contributed by atoms with Crippen molar-refractivity contribution in [3.05, 3.63) is 46.0 Å². The number of hydrogen-bond acceptors (Lipinski definition) is 2. The van der Waals surface area contributed by atoms with E-state index in [0.29, 0.717) is 12.0 Å². The Kier molecular flexibility index (Phi) is 4.04. The zero-order valence-corrected chi connectivity index (χ0v) is 12.0. The summed E-state index contributed by atoms with van der Waals surface area (Å²) >= 11 is 3.33. The number of benzene rings is 1. The van der Waals surface area contributed by atoms with Crippen LogP contribution in [0.4, 0.5) is 0 Å². The van der Waals surface area contributed by atoms with Crippen LogP contribution in [0.5, 0.6) is 0 Å². The first-order valence-electron chi connectivity index (χ1n) is 5.95. The summed E-state index contributed by atoms with van der Waals surface area (Å²) in [6.45, 7) is 1.87. The number of carbonyl (C=O) groups excluding carboxylic acids is 1. The quantitative estimate of drug-likeness (QED) is 0.840. The molecule has 0 bridgehead atoms. The molecule has 0 saturated carbocycles. The Hall–Kier alpha value is -1.62. The number of rotatable bonds is 3. The lowest BCUT2D eigenvalue weighted by atomic mass is 10.1. The fraction of sp³-hybridized carbons (Fsp3) is 0.286.